The summed E-state index contributed by atoms with van der Waals surface area (Å²) in [6.07, 6.45) is 6.00. The number of hydrogen-bond donors (Lipinski definition) is 1. The van der Waals surface area contributed by atoms with Crippen LogP contribution in [0.15, 0.2) is 41.2 Å². The largest absolute Gasteiger partial charge is 0.361 e. The van der Waals surface area contributed by atoms with Gasteiger partial charge in [-0.2, -0.15) is 5.10 Å². The third-order valence-electron chi connectivity index (χ3n) is 4.70. The Hall–Kier alpha value is -2.89. The number of aromatic nitrogens is 3. The molecule has 1 aliphatic carbocycles. The molecular formula is C19H20N4O2. The highest BCUT2D eigenvalue weighted by molar-refractivity contribution is 5.94. The van der Waals surface area contributed by atoms with Crippen LogP contribution in [0.3, 0.4) is 0 Å². The summed E-state index contributed by atoms with van der Waals surface area (Å²) in [5.41, 5.74) is 4.95. The van der Waals surface area contributed by atoms with Gasteiger partial charge in [-0.15, -0.1) is 0 Å². The molecule has 2 aromatic heterocycles. The summed E-state index contributed by atoms with van der Waals surface area (Å²) in [5, 5.41) is 11.3. The monoisotopic (exact) mass is 336 g/mol. The van der Waals surface area contributed by atoms with Crippen LogP contribution in [0.4, 0.5) is 0 Å². The van der Waals surface area contributed by atoms with E-state index in [0.29, 0.717) is 5.56 Å². The highest BCUT2D eigenvalue weighted by Gasteiger charge is 2.25. The predicted octanol–water partition coefficient (Wildman–Crippen LogP) is 3.05. The minimum atomic E-state index is -0.0842. The summed E-state index contributed by atoms with van der Waals surface area (Å²) in [6.45, 7) is 2.04. The van der Waals surface area contributed by atoms with Crippen molar-refractivity contribution in [1.29, 1.82) is 0 Å². The Bertz CT molecular complexity index is 925. The van der Waals surface area contributed by atoms with E-state index in [-0.39, 0.29) is 11.9 Å². The van der Waals surface area contributed by atoms with Crippen LogP contribution in [0.2, 0.25) is 0 Å². The number of hydrogen-bond acceptors (Lipinski definition) is 4. The standard InChI is InChI=1S/C19H20N4O2/c1-3-15-9-18(22-25-15)13-4-6-16-12(8-13)5-7-17(16)21-19(24)14-10-20-23(2)11-14/h4,6,8-11,17H,3,5,7H2,1-2H3,(H,21,24)/t17-/m1/s1. The molecule has 6 nitrogen and oxygen atoms in total. The number of carbonyl (C=O) groups excluding carboxylic acids is 1. The fraction of sp³-hybridized carbons (Fsp3) is 0.316. The lowest BCUT2D eigenvalue weighted by Gasteiger charge is -2.13. The van der Waals surface area contributed by atoms with Gasteiger partial charge < -0.3 is 9.84 Å². The fourth-order valence-corrected chi connectivity index (χ4v) is 3.32. The van der Waals surface area contributed by atoms with Crippen LogP contribution in [-0.2, 0) is 19.9 Å². The van der Waals surface area contributed by atoms with Gasteiger partial charge in [-0.1, -0.05) is 24.2 Å². The number of fused-ring (bicyclic) bond motifs is 1. The van der Waals surface area contributed by atoms with Crippen molar-refractivity contribution in [1.82, 2.24) is 20.3 Å². The molecule has 0 saturated heterocycles. The molecule has 25 heavy (non-hydrogen) atoms. The van der Waals surface area contributed by atoms with E-state index in [2.05, 4.69) is 27.7 Å². The average molecular weight is 336 g/mol. The maximum Gasteiger partial charge on any atom is 0.254 e. The molecule has 0 fully saturated rings. The molecule has 1 N–H and O–H groups in total. The Morgan fingerprint density at radius 1 is 1.40 bits per heavy atom. The quantitative estimate of drug-likeness (QED) is 0.795. The maximum atomic E-state index is 12.4. The number of rotatable bonds is 4. The highest BCUT2D eigenvalue weighted by atomic mass is 16.5. The lowest BCUT2D eigenvalue weighted by molar-refractivity contribution is 0.0936. The summed E-state index contributed by atoms with van der Waals surface area (Å²) in [4.78, 5) is 12.4. The second-order valence-electron chi connectivity index (χ2n) is 6.41. The molecule has 0 aliphatic heterocycles. The SMILES string of the molecule is CCc1cc(-c2ccc3c(c2)CC[C@H]3NC(=O)c2cnn(C)c2)no1. The van der Waals surface area contributed by atoms with Crippen molar-refractivity contribution in [3.63, 3.8) is 0 Å². The second kappa shape index (κ2) is 6.20. The molecule has 0 radical (unpaired) electrons. The Balaban J connectivity index is 1.54. The molecule has 0 spiro atoms. The molecular weight excluding hydrogens is 316 g/mol. The minimum absolute atomic E-state index is 0.0419. The number of amides is 1. The first-order chi connectivity index (χ1) is 12.1. The van der Waals surface area contributed by atoms with E-state index in [0.717, 1.165) is 36.3 Å². The van der Waals surface area contributed by atoms with E-state index >= 15 is 0 Å². The topological polar surface area (TPSA) is 73.0 Å². The lowest BCUT2D eigenvalue weighted by atomic mass is 10.0. The first-order valence-electron chi connectivity index (χ1n) is 8.52. The molecule has 0 bridgehead atoms. The van der Waals surface area contributed by atoms with Gasteiger partial charge in [0.05, 0.1) is 17.8 Å². The number of aryl methyl sites for hydroxylation is 3. The zero-order valence-electron chi connectivity index (χ0n) is 14.3. The Morgan fingerprint density at radius 2 is 2.28 bits per heavy atom. The number of carbonyl (C=O) groups is 1. The smallest absolute Gasteiger partial charge is 0.254 e. The van der Waals surface area contributed by atoms with Gasteiger partial charge in [-0.3, -0.25) is 9.48 Å². The molecule has 1 atom stereocenters. The van der Waals surface area contributed by atoms with Gasteiger partial charge in [0, 0.05) is 31.3 Å². The highest BCUT2D eigenvalue weighted by Crippen LogP contribution is 2.34. The molecule has 6 heteroatoms. The van der Waals surface area contributed by atoms with Crippen LogP contribution >= 0.6 is 0 Å². The molecule has 2 heterocycles. The van der Waals surface area contributed by atoms with E-state index in [1.807, 2.05) is 19.1 Å². The van der Waals surface area contributed by atoms with Crippen molar-refractivity contribution in [2.45, 2.75) is 32.2 Å². The van der Waals surface area contributed by atoms with E-state index in [1.165, 1.54) is 11.1 Å². The van der Waals surface area contributed by atoms with Crippen molar-refractivity contribution in [2.75, 3.05) is 0 Å². The lowest BCUT2D eigenvalue weighted by Crippen LogP contribution is -2.26. The van der Waals surface area contributed by atoms with Gasteiger partial charge in [0.1, 0.15) is 11.5 Å². The molecule has 128 valence electrons. The van der Waals surface area contributed by atoms with E-state index in [4.69, 9.17) is 4.52 Å². The summed E-state index contributed by atoms with van der Waals surface area (Å²) in [5.74, 6) is 0.802. The van der Waals surface area contributed by atoms with Crippen LogP contribution in [-0.4, -0.2) is 20.8 Å². The minimum Gasteiger partial charge on any atom is -0.361 e. The summed E-state index contributed by atoms with van der Waals surface area (Å²) >= 11 is 0. The van der Waals surface area contributed by atoms with Crippen molar-refractivity contribution in [3.8, 4) is 11.3 Å². The Labute approximate surface area is 145 Å². The number of benzene rings is 1. The zero-order valence-corrected chi connectivity index (χ0v) is 14.3. The van der Waals surface area contributed by atoms with E-state index in [1.54, 1.807) is 24.1 Å². The molecule has 3 aromatic rings. The third kappa shape index (κ3) is 2.95. The molecule has 1 aromatic carbocycles. The van der Waals surface area contributed by atoms with Crippen molar-refractivity contribution >= 4 is 5.91 Å². The van der Waals surface area contributed by atoms with Crippen molar-refractivity contribution in [3.05, 3.63) is 59.1 Å². The van der Waals surface area contributed by atoms with E-state index in [9.17, 15) is 4.79 Å². The van der Waals surface area contributed by atoms with Gasteiger partial charge in [0.2, 0.25) is 0 Å². The second-order valence-corrected chi connectivity index (χ2v) is 6.41. The van der Waals surface area contributed by atoms with Crippen molar-refractivity contribution < 1.29 is 9.32 Å². The van der Waals surface area contributed by atoms with Gasteiger partial charge in [0.15, 0.2) is 0 Å². The predicted molar refractivity (Wildman–Crippen MR) is 93.1 cm³/mol. The summed E-state index contributed by atoms with van der Waals surface area (Å²) in [6, 6.07) is 8.32. The molecule has 1 aliphatic rings. The molecule has 0 saturated carbocycles. The fourth-order valence-electron chi connectivity index (χ4n) is 3.32. The molecule has 0 unspecified atom stereocenters. The van der Waals surface area contributed by atoms with Gasteiger partial charge >= 0.3 is 0 Å². The molecule has 1 amide bonds. The van der Waals surface area contributed by atoms with Gasteiger partial charge in [0.25, 0.3) is 5.91 Å². The van der Waals surface area contributed by atoms with Gasteiger partial charge in [-0.25, -0.2) is 0 Å². The Kier molecular flexibility index (Phi) is 3.87. The van der Waals surface area contributed by atoms with Crippen LogP contribution in [0, 0.1) is 0 Å². The number of nitrogens with one attached hydrogen (secondary N) is 1. The zero-order chi connectivity index (χ0) is 17.4. The summed E-state index contributed by atoms with van der Waals surface area (Å²) in [7, 11) is 1.80. The first kappa shape index (κ1) is 15.6. The average Bonchev–Trinajstić information content (AvgIpc) is 3.34. The van der Waals surface area contributed by atoms with Crippen molar-refractivity contribution in [2.24, 2.45) is 7.05 Å². The number of nitrogens with zero attached hydrogens (tertiary/aromatic N) is 3. The van der Waals surface area contributed by atoms with Crippen LogP contribution in [0.1, 0.15) is 46.6 Å². The Morgan fingerprint density at radius 3 is 3.00 bits per heavy atom. The summed E-state index contributed by atoms with van der Waals surface area (Å²) < 4.78 is 6.93. The molecule has 4 rings (SSSR count). The van der Waals surface area contributed by atoms with E-state index < -0.39 is 0 Å². The maximum absolute atomic E-state index is 12.4. The normalized spacial score (nSPS) is 16.0. The first-order valence-corrected chi connectivity index (χ1v) is 8.52. The van der Waals surface area contributed by atoms with Crippen LogP contribution in [0.25, 0.3) is 11.3 Å². The van der Waals surface area contributed by atoms with Crippen LogP contribution in [0.5, 0.6) is 0 Å². The third-order valence-corrected chi connectivity index (χ3v) is 4.70. The van der Waals surface area contributed by atoms with Crippen LogP contribution < -0.4 is 5.32 Å². The van der Waals surface area contributed by atoms with Gasteiger partial charge in [-0.05, 0) is 30.0 Å².